The lowest BCUT2D eigenvalue weighted by Crippen LogP contribution is -2.13. The van der Waals surface area contributed by atoms with Crippen LogP contribution in [0.5, 0.6) is 5.75 Å². The summed E-state index contributed by atoms with van der Waals surface area (Å²) in [6.07, 6.45) is 0. The average Bonchev–Trinajstić information content (AvgIpc) is 2.35. The number of aromatic nitrogens is 1. The lowest BCUT2D eigenvalue weighted by molar-refractivity contribution is 0.0644. The fourth-order valence-corrected chi connectivity index (χ4v) is 1.75. The molecule has 0 unspecified atom stereocenters. The highest BCUT2D eigenvalue weighted by Crippen LogP contribution is 2.30. The molecule has 6 nitrogen and oxygen atoms in total. The monoisotopic (exact) mass is 247 g/mol. The molecule has 2 aromatic rings. The Kier molecular flexibility index (Phi) is 2.85. The van der Waals surface area contributed by atoms with Gasteiger partial charge < -0.3 is 14.9 Å². The molecule has 0 fully saturated rings. The van der Waals surface area contributed by atoms with E-state index >= 15 is 0 Å². The lowest BCUT2D eigenvalue weighted by Gasteiger charge is -2.10. The molecule has 0 spiro atoms. The molecule has 1 heterocycles. The minimum absolute atomic E-state index is 0.00509. The highest BCUT2D eigenvalue weighted by atomic mass is 16.5. The molecule has 0 atom stereocenters. The van der Waals surface area contributed by atoms with Crippen LogP contribution < -0.4 is 4.74 Å². The summed E-state index contributed by atoms with van der Waals surface area (Å²) in [4.78, 5) is 26.1. The molecule has 0 amide bonds. The number of rotatable bonds is 3. The lowest BCUT2D eigenvalue weighted by atomic mass is 10.1. The van der Waals surface area contributed by atoms with Gasteiger partial charge >= 0.3 is 11.9 Å². The molecule has 6 heteroatoms. The van der Waals surface area contributed by atoms with Crippen LogP contribution >= 0.6 is 0 Å². The molecular weight excluding hydrogens is 238 g/mol. The van der Waals surface area contributed by atoms with Crippen molar-refractivity contribution in [1.29, 1.82) is 0 Å². The van der Waals surface area contributed by atoms with Crippen LogP contribution in [0.15, 0.2) is 24.3 Å². The summed E-state index contributed by atoms with van der Waals surface area (Å²) >= 11 is 0. The third-order valence-corrected chi connectivity index (χ3v) is 2.47. The van der Waals surface area contributed by atoms with Gasteiger partial charge in [0, 0.05) is 5.39 Å². The fraction of sp³-hybridized carbons (Fsp3) is 0.0833. The fourth-order valence-electron chi connectivity index (χ4n) is 1.75. The van der Waals surface area contributed by atoms with Gasteiger partial charge in [0.05, 0.1) is 12.6 Å². The highest BCUT2D eigenvalue weighted by molar-refractivity contribution is 6.07. The van der Waals surface area contributed by atoms with Crippen LogP contribution in [0.4, 0.5) is 0 Å². The number of para-hydroxylation sites is 1. The molecule has 2 rings (SSSR count). The number of ether oxygens (including phenoxy) is 1. The van der Waals surface area contributed by atoms with Gasteiger partial charge in [-0.15, -0.1) is 0 Å². The second kappa shape index (κ2) is 4.33. The van der Waals surface area contributed by atoms with E-state index in [9.17, 15) is 9.59 Å². The second-order valence-electron chi connectivity index (χ2n) is 3.50. The van der Waals surface area contributed by atoms with E-state index in [1.807, 2.05) is 0 Å². The maximum absolute atomic E-state index is 11.2. The summed E-state index contributed by atoms with van der Waals surface area (Å²) in [6.45, 7) is 0. The molecule has 0 saturated heterocycles. The van der Waals surface area contributed by atoms with Crippen LogP contribution in [0, 0.1) is 0 Å². The van der Waals surface area contributed by atoms with E-state index in [0.717, 1.165) is 0 Å². The Labute approximate surface area is 101 Å². The normalized spacial score (nSPS) is 10.3. The molecule has 0 aliphatic heterocycles. The molecule has 0 aliphatic carbocycles. The van der Waals surface area contributed by atoms with Crippen LogP contribution in [0.3, 0.4) is 0 Å². The zero-order valence-corrected chi connectivity index (χ0v) is 9.38. The summed E-state index contributed by atoms with van der Waals surface area (Å²) in [5.41, 5.74) is -0.599. The van der Waals surface area contributed by atoms with Gasteiger partial charge in [-0.2, -0.15) is 0 Å². The van der Waals surface area contributed by atoms with Crippen molar-refractivity contribution < 1.29 is 24.5 Å². The van der Waals surface area contributed by atoms with Gasteiger partial charge in [0.1, 0.15) is 11.3 Å². The van der Waals surface area contributed by atoms with Crippen LogP contribution in [-0.4, -0.2) is 34.2 Å². The van der Waals surface area contributed by atoms with Gasteiger partial charge in [-0.05, 0) is 12.1 Å². The van der Waals surface area contributed by atoms with Gasteiger partial charge in [0.15, 0.2) is 5.69 Å². The number of hydrogen-bond donors (Lipinski definition) is 2. The molecule has 0 aliphatic rings. The van der Waals surface area contributed by atoms with E-state index in [1.54, 1.807) is 24.3 Å². The number of carboxylic acids is 2. The van der Waals surface area contributed by atoms with Crippen LogP contribution in [-0.2, 0) is 0 Å². The van der Waals surface area contributed by atoms with Gasteiger partial charge in [0.2, 0.25) is 0 Å². The van der Waals surface area contributed by atoms with E-state index < -0.39 is 23.2 Å². The molecule has 0 bridgehead atoms. The van der Waals surface area contributed by atoms with Crippen molar-refractivity contribution in [2.45, 2.75) is 0 Å². The van der Waals surface area contributed by atoms with E-state index in [0.29, 0.717) is 10.9 Å². The van der Waals surface area contributed by atoms with E-state index in [4.69, 9.17) is 14.9 Å². The Hall–Kier alpha value is -2.63. The zero-order chi connectivity index (χ0) is 13.3. The molecule has 0 radical (unpaired) electrons. The Morgan fingerprint density at radius 3 is 2.39 bits per heavy atom. The first-order chi connectivity index (χ1) is 8.56. The van der Waals surface area contributed by atoms with E-state index in [2.05, 4.69) is 4.98 Å². The minimum atomic E-state index is -1.41. The van der Waals surface area contributed by atoms with E-state index in [1.165, 1.54) is 7.11 Å². The van der Waals surface area contributed by atoms with Crippen molar-refractivity contribution in [3.63, 3.8) is 0 Å². The Morgan fingerprint density at radius 2 is 1.83 bits per heavy atom. The Morgan fingerprint density at radius 1 is 1.17 bits per heavy atom. The summed E-state index contributed by atoms with van der Waals surface area (Å²) in [5, 5.41) is 18.6. The highest BCUT2D eigenvalue weighted by Gasteiger charge is 2.25. The maximum Gasteiger partial charge on any atom is 0.355 e. The smallest absolute Gasteiger partial charge is 0.355 e. The second-order valence-corrected chi connectivity index (χ2v) is 3.50. The first-order valence-electron chi connectivity index (χ1n) is 4.99. The average molecular weight is 247 g/mol. The number of aromatic carboxylic acids is 2. The van der Waals surface area contributed by atoms with E-state index in [-0.39, 0.29) is 5.75 Å². The summed E-state index contributed by atoms with van der Waals surface area (Å²) in [5.74, 6) is -2.79. The quantitative estimate of drug-likeness (QED) is 0.855. The van der Waals surface area contributed by atoms with Gasteiger partial charge in [-0.1, -0.05) is 12.1 Å². The SMILES string of the molecule is COc1c(C(=O)O)c(C(=O)O)nc2ccccc12. The third-order valence-electron chi connectivity index (χ3n) is 2.47. The molecule has 1 aromatic carbocycles. The Balaban J connectivity index is 2.96. The van der Waals surface area contributed by atoms with Crippen molar-refractivity contribution in [3.05, 3.63) is 35.5 Å². The molecule has 2 N–H and O–H groups in total. The van der Waals surface area contributed by atoms with Crippen molar-refractivity contribution >= 4 is 22.8 Å². The predicted molar refractivity (Wildman–Crippen MR) is 62.2 cm³/mol. The number of carboxylic acid groups (broad SMARTS) is 2. The molecule has 92 valence electrons. The number of hydrogen-bond acceptors (Lipinski definition) is 4. The number of pyridine rings is 1. The van der Waals surface area contributed by atoms with Crippen molar-refractivity contribution in [1.82, 2.24) is 4.98 Å². The molecule has 0 saturated carbocycles. The third kappa shape index (κ3) is 1.73. The maximum atomic E-state index is 11.2. The predicted octanol–water partition coefficient (Wildman–Crippen LogP) is 1.64. The number of benzene rings is 1. The topological polar surface area (TPSA) is 96.7 Å². The number of fused-ring (bicyclic) bond motifs is 1. The zero-order valence-electron chi connectivity index (χ0n) is 9.38. The van der Waals surface area contributed by atoms with Gasteiger partial charge in [-0.3, -0.25) is 0 Å². The van der Waals surface area contributed by atoms with Crippen molar-refractivity contribution in [2.75, 3.05) is 7.11 Å². The summed E-state index contributed by atoms with van der Waals surface area (Å²) in [7, 11) is 1.29. The van der Waals surface area contributed by atoms with Crippen LogP contribution in [0.1, 0.15) is 20.8 Å². The van der Waals surface area contributed by atoms with Crippen molar-refractivity contribution in [2.24, 2.45) is 0 Å². The molecule has 18 heavy (non-hydrogen) atoms. The largest absolute Gasteiger partial charge is 0.495 e. The van der Waals surface area contributed by atoms with Crippen molar-refractivity contribution in [3.8, 4) is 5.75 Å². The van der Waals surface area contributed by atoms with Gasteiger partial charge in [-0.25, -0.2) is 14.6 Å². The minimum Gasteiger partial charge on any atom is -0.495 e. The number of nitrogens with zero attached hydrogens (tertiary/aromatic N) is 1. The summed E-state index contributed by atoms with van der Waals surface area (Å²) < 4.78 is 5.03. The first-order valence-corrected chi connectivity index (χ1v) is 4.99. The molecular formula is C12H9NO5. The number of carbonyl (C=O) groups is 2. The Bertz CT molecular complexity index is 650. The van der Waals surface area contributed by atoms with Gasteiger partial charge in [0.25, 0.3) is 0 Å². The molecule has 1 aromatic heterocycles. The van der Waals surface area contributed by atoms with Crippen LogP contribution in [0.25, 0.3) is 10.9 Å². The standard InChI is InChI=1S/C12H9NO5/c1-18-10-6-4-2-3-5-7(6)13-9(12(16)17)8(10)11(14)15/h2-5H,1H3,(H,14,15)(H,16,17). The van der Waals surface area contributed by atoms with Crippen LogP contribution in [0.2, 0.25) is 0 Å². The summed E-state index contributed by atoms with van der Waals surface area (Å²) in [6, 6.07) is 6.59. The number of methoxy groups -OCH3 is 1. The first kappa shape index (κ1) is 11.8.